The van der Waals surface area contributed by atoms with Crippen molar-refractivity contribution in [1.82, 2.24) is 0 Å². The zero-order valence-corrected chi connectivity index (χ0v) is 31.0. The molecule has 4 rings (SSSR count). The Hall–Kier alpha value is -5.85. The van der Waals surface area contributed by atoms with E-state index in [-0.39, 0.29) is 68.4 Å². The van der Waals surface area contributed by atoms with E-state index in [1.807, 2.05) is 0 Å². The molecule has 0 spiro atoms. The summed E-state index contributed by atoms with van der Waals surface area (Å²) < 4.78 is 70.1. The third kappa shape index (κ3) is 8.51. The van der Waals surface area contributed by atoms with Crippen molar-refractivity contribution < 1.29 is 86.2 Å². The molecule has 0 radical (unpaired) electrons. The fourth-order valence-corrected chi connectivity index (χ4v) is 5.48. The van der Waals surface area contributed by atoms with E-state index in [0.717, 1.165) is 0 Å². The summed E-state index contributed by atoms with van der Waals surface area (Å²) in [6, 6.07) is 7.87. The number of aliphatic hydroxyl groups is 2. The summed E-state index contributed by atoms with van der Waals surface area (Å²) in [6.45, 7) is -0.681. The van der Waals surface area contributed by atoms with Gasteiger partial charge in [0.25, 0.3) is 0 Å². The first-order chi connectivity index (χ1) is 25.9. The topological polar surface area (TPSA) is 212 Å². The molecule has 0 aliphatic carbocycles. The fourth-order valence-electron chi connectivity index (χ4n) is 5.48. The number of rotatable bonds is 16. The lowest BCUT2D eigenvalue weighted by atomic mass is 9.98. The normalized spacial score (nSPS) is 19.1. The van der Waals surface area contributed by atoms with Crippen LogP contribution in [0.25, 0.3) is 0 Å². The Bertz CT molecular complexity index is 1730. The highest BCUT2D eigenvalue weighted by atomic mass is 16.7. The largest absolute Gasteiger partial charge is 0.493 e. The first-order valence-electron chi connectivity index (χ1n) is 15.9. The van der Waals surface area contributed by atoms with Crippen LogP contribution in [0.15, 0.2) is 36.4 Å². The van der Waals surface area contributed by atoms with Gasteiger partial charge in [0, 0.05) is 0 Å². The summed E-state index contributed by atoms with van der Waals surface area (Å²) in [5.41, 5.74) is -0.250. The van der Waals surface area contributed by atoms with Gasteiger partial charge in [0.15, 0.2) is 46.7 Å². The molecule has 0 saturated carbocycles. The van der Waals surface area contributed by atoms with Gasteiger partial charge >= 0.3 is 17.9 Å². The van der Waals surface area contributed by atoms with Crippen LogP contribution in [-0.2, 0) is 18.9 Å². The Morgan fingerprint density at radius 2 is 0.833 bits per heavy atom. The molecule has 5 atom stereocenters. The minimum Gasteiger partial charge on any atom is -0.493 e. The number of benzene rings is 3. The second kappa shape index (κ2) is 18.3. The molecule has 1 saturated heterocycles. The molecule has 2 N–H and O–H groups in total. The second-order valence-corrected chi connectivity index (χ2v) is 11.1. The van der Waals surface area contributed by atoms with Gasteiger partial charge in [0.2, 0.25) is 23.5 Å². The molecule has 54 heavy (non-hydrogen) atoms. The highest BCUT2D eigenvalue weighted by Gasteiger charge is 2.49. The van der Waals surface area contributed by atoms with Crippen LogP contribution in [0.3, 0.4) is 0 Å². The molecule has 0 bridgehead atoms. The Labute approximate surface area is 310 Å². The smallest absolute Gasteiger partial charge is 0.340 e. The summed E-state index contributed by atoms with van der Waals surface area (Å²) in [5.74, 6) is -1.58. The Morgan fingerprint density at radius 3 is 1.17 bits per heavy atom. The summed E-state index contributed by atoms with van der Waals surface area (Å²) in [4.78, 5) is 40.2. The minimum absolute atomic E-state index is 0.0226. The molecule has 3 aromatic carbocycles. The predicted octanol–water partition coefficient (Wildman–Crippen LogP) is 2.45. The summed E-state index contributed by atoms with van der Waals surface area (Å²) >= 11 is 0. The number of carbonyl (C=O) groups excluding carboxylic acids is 3. The van der Waals surface area contributed by atoms with Crippen LogP contribution in [-0.4, -0.2) is 129 Å². The van der Waals surface area contributed by atoms with Crippen molar-refractivity contribution in [2.45, 2.75) is 30.7 Å². The van der Waals surface area contributed by atoms with Gasteiger partial charge in [-0.1, -0.05) is 0 Å². The van der Waals surface area contributed by atoms with Gasteiger partial charge in [-0.2, -0.15) is 0 Å². The third-order valence-electron chi connectivity index (χ3n) is 8.19. The van der Waals surface area contributed by atoms with Gasteiger partial charge in [-0.15, -0.1) is 0 Å². The van der Waals surface area contributed by atoms with Crippen molar-refractivity contribution >= 4 is 17.9 Å². The highest BCUT2D eigenvalue weighted by molar-refractivity contribution is 5.92. The standard InChI is InChI=1S/C36H42O18/c1-42-20-10-17(11-21(43-2)29(20)48-7)33(39)51-16-26-27(37)32(53-34(40)18-12-22(44-3)30(49-8)23(13-18)45-4)28(38)36(52-26)54-35(41)19-14-24(46-5)31(50-9)25(15-19)47-6/h10-15,26-28,32,36-38H,16H2,1-9H3/t26-,27-,28-,32+,36+/m1/s1. The van der Waals surface area contributed by atoms with E-state index in [1.165, 1.54) is 100 Å². The van der Waals surface area contributed by atoms with Crippen molar-refractivity contribution in [2.24, 2.45) is 0 Å². The summed E-state index contributed by atoms with van der Waals surface area (Å²) in [5, 5.41) is 22.8. The molecule has 0 unspecified atom stereocenters. The van der Waals surface area contributed by atoms with Crippen LogP contribution in [0.5, 0.6) is 51.7 Å². The maximum atomic E-state index is 13.5. The van der Waals surface area contributed by atoms with Crippen LogP contribution in [0.2, 0.25) is 0 Å². The third-order valence-corrected chi connectivity index (χ3v) is 8.19. The van der Waals surface area contributed by atoms with Gasteiger partial charge in [0.05, 0.1) is 80.7 Å². The first-order valence-corrected chi connectivity index (χ1v) is 15.9. The van der Waals surface area contributed by atoms with Crippen molar-refractivity contribution in [3.63, 3.8) is 0 Å². The molecular formula is C36H42O18. The van der Waals surface area contributed by atoms with Crippen molar-refractivity contribution in [1.29, 1.82) is 0 Å². The van der Waals surface area contributed by atoms with E-state index in [4.69, 9.17) is 61.6 Å². The lowest BCUT2D eigenvalue weighted by Gasteiger charge is -2.41. The number of methoxy groups -OCH3 is 9. The molecule has 0 aromatic heterocycles. The van der Waals surface area contributed by atoms with Crippen molar-refractivity contribution in [2.75, 3.05) is 70.6 Å². The quantitative estimate of drug-likeness (QED) is 0.158. The van der Waals surface area contributed by atoms with Gasteiger partial charge in [-0.05, 0) is 36.4 Å². The predicted molar refractivity (Wildman–Crippen MR) is 184 cm³/mol. The summed E-state index contributed by atoms with van der Waals surface area (Å²) in [7, 11) is 12.3. The van der Waals surface area contributed by atoms with Gasteiger partial charge in [-0.3, -0.25) is 0 Å². The van der Waals surface area contributed by atoms with Crippen molar-refractivity contribution in [3.05, 3.63) is 53.1 Å². The number of carbonyl (C=O) groups is 3. The molecule has 294 valence electrons. The molecule has 3 aromatic rings. The van der Waals surface area contributed by atoms with E-state index >= 15 is 0 Å². The van der Waals surface area contributed by atoms with Gasteiger partial charge in [0.1, 0.15) is 18.8 Å². The number of hydrogen-bond acceptors (Lipinski definition) is 18. The molecule has 1 fully saturated rings. The molecule has 18 nitrogen and oxygen atoms in total. The molecule has 1 heterocycles. The Balaban J connectivity index is 1.66. The fraction of sp³-hybridized carbons (Fsp3) is 0.417. The number of ether oxygens (including phenoxy) is 13. The Kier molecular flexibility index (Phi) is 13.8. The Morgan fingerprint density at radius 1 is 0.500 bits per heavy atom. The lowest BCUT2D eigenvalue weighted by molar-refractivity contribution is -0.284. The van der Waals surface area contributed by atoms with Crippen molar-refractivity contribution in [3.8, 4) is 51.7 Å². The SMILES string of the molecule is COc1cc(C(=O)OC[C@H]2O[C@@H](OC(=O)c3cc(OC)c(OC)c(OC)c3)[C@H](O)[C@@H](OC(=O)c3cc(OC)c(OC)c(OC)c3)[C@@H]2O)cc(OC)c1OC. The molecule has 1 aliphatic heterocycles. The van der Waals surface area contributed by atoms with Gasteiger partial charge < -0.3 is 71.8 Å². The first kappa shape index (κ1) is 40.9. The number of hydrogen-bond donors (Lipinski definition) is 2. The van der Waals surface area contributed by atoms with E-state index in [0.29, 0.717) is 0 Å². The molecule has 18 heteroatoms. The average molecular weight is 763 g/mol. The maximum Gasteiger partial charge on any atom is 0.340 e. The van der Waals surface area contributed by atoms with Gasteiger partial charge in [-0.25, -0.2) is 14.4 Å². The van der Waals surface area contributed by atoms with E-state index in [2.05, 4.69) is 0 Å². The zero-order chi connectivity index (χ0) is 39.7. The van der Waals surface area contributed by atoms with E-state index in [9.17, 15) is 24.6 Å². The summed E-state index contributed by atoms with van der Waals surface area (Å²) in [6.07, 6.45) is -9.04. The molecular weight excluding hydrogens is 720 g/mol. The highest BCUT2D eigenvalue weighted by Crippen LogP contribution is 2.41. The van der Waals surface area contributed by atoms with Crippen LogP contribution in [0, 0.1) is 0 Å². The molecule has 0 amide bonds. The number of esters is 3. The van der Waals surface area contributed by atoms with E-state index < -0.39 is 55.2 Å². The average Bonchev–Trinajstić information content (AvgIpc) is 3.20. The minimum atomic E-state index is -1.97. The monoisotopic (exact) mass is 762 g/mol. The second-order valence-electron chi connectivity index (χ2n) is 11.1. The van der Waals surface area contributed by atoms with Crippen LogP contribution in [0.4, 0.5) is 0 Å². The van der Waals surface area contributed by atoms with Crippen LogP contribution in [0.1, 0.15) is 31.1 Å². The zero-order valence-electron chi connectivity index (χ0n) is 31.0. The van der Waals surface area contributed by atoms with E-state index in [1.54, 1.807) is 0 Å². The molecule has 1 aliphatic rings. The number of aliphatic hydroxyl groups excluding tert-OH is 2. The van der Waals surface area contributed by atoms with Crippen LogP contribution >= 0.6 is 0 Å². The maximum absolute atomic E-state index is 13.5. The van der Waals surface area contributed by atoms with Crippen LogP contribution < -0.4 is 42.6 Å². The lowest BCUT2D eigenvalue weighted by Crippen LogP contribution is -2.61.